The van der Waals surface area contributed by atoms with Gasteiger partial charge in [0.05, 0.1) is 25.4 Å². The number of allylic oxidation sites excluding steroid dienone is 4. The molecule has 0 aromatic rings. The highest BCUT2D eigenvalue weighted by atomic mass is 16.5. The smallest absolute Gasteiger partial charge is 0.305 e. The summed E-state index contributed by atoms with van der Waals surface area (Å²) in [6.07, 6.45) is 76.2. The molecule has 0 spiro atoms. The van der Waals surface area contributed by atoms with E-state index in [1.54, 1.807) is 0 Å². The van der Waals surface area contributed by atoms with Crippen LogP contribution in [0.2, 0.25) is 0 Å². The number of hydrogen-bond donors (Lipinski definition) is 3. The Morgan fingerprint density at radius 1 is 0.375 bits per heavy atom. The van der Waals surface area contributed by atoms with Crippen molar-refractivity contribution in [3.8, 4) is 0 Å². The molecule has 0 radical (unpaired) electrons. The van der Waals surface area contributed by atoms with Crippen LogP contribution in [0.25, 0.3) is 0 Å². The van der Waals surface area contributed by atoms with E-state index in [1.807, 2.05) is 0 Å². The van der Waals surface area contributed by atoms with E-state index in [2.05, 4.69) is 43.5 Å². The number of amides is 1. The molecular formula is C66H127NO5. The zero-order chi connectivity index (χ0) is 52.2. The predicted molar refractivity (Wildman–Crippen MR) is 315 cm³/mol. The van der Waals surface area contributed by atoms with Crippen molar-refractivity contribution in [1.82, 2.24) is 5.32 Å². The zero-order valence-electron chi connectivity index (χ0n) is 48.7. The van der Waals surface area contributed by atoms with Crippen molar-refractivity contribution in [1.29, 1.82) is 0 Å². The molecule has 1 amide bonds. The van der Waals surface area contributed by atoms with E-state index in [9.17, 15) is 19.8 Å². The fourth-order valence-electron chi connectivity index (χ4n) is 10.2. The second kappa shape index (κ2) is 61.9. The molecular weight excluding hydrogens is 887 g/mol. The number of aliphatic hydroxyl groups excluding tert-OH is 2. The van der Waals surface area contributed by atoms with E-state index in [0.717, 1.165) is 44.9 Å². The number of aliphatic hydroxyl groups is 2. The molecule has 0 saturated heterocycles. The van der Waals surface area contributed by atoms with E-state index in [4.69, 9.17) is 4.74 Å². The third kappa shape index (κ3) is 57.6. The number of ether oxygens (including phenoxy) is 1. The van der Waals surface area contributed by atoms with Crippen molar-refractivity contribution in [2.75, 3.05) is 13.2 Å². The van der Waals surface area contributed by atoms with Crippen LogP contribution < -0.4 is 5.32 Å². The lowest BCUT2D eigenvalue weighted by Crippen LogP contribution is -2.45. The van der Waals surface area contributed by atoms with Gasteiger partial charge in [0.2, 0.25) is 5.91 Å². The summed E-state index contributed by atoms with van der Waals surface area (Å²) in [4.78, 5) is 24.6. The van der Waals surface area contributed by atoms with Gasteiger partial charge in [-0.3, -0.25) is 9.59 Å². The second-order valence-corrected chi connectivity index (χ2v) is 22.4. The van der Waals surface area contributed by atoms with Crippen molar-refractivity contribution >= 4 is 11.9 Å². The van der Waals surface area contributed by atoms with Crippen molar-refractivity contribution in [3.05, 3.63) is 24.3 Å². The topological polar surface area (TPSA) is 95.9 Å². The van der Waals surface area contributed by atoms with Crippen LogP contribution in [0.1, 0.15) is 361 Å². The lowest BCUT2D eigenvalue weighted by atomic mass is 10.0. The lowest BCUT2D eigenvalue weighted by molar-refractivity contribution is -0.143. The first-order valence-electron chi connectivity index (χ1n) is 32.6. The van der Waals surface area contributed by atoms with Gasteiger partial charge < -0.3 is 20.3 Å². The van der Waals surface area contributed by atoms with Crippen LogP contribution >= 0.6 is 0 Å². The first-order chi connectivity index (χ1) is 35.5. The van der Waals surface area contributed by atoms with Crippen LogP contribution in [0.3, 0.4) is 0 Å². The van der Waals surface area contributed by atoms with Crippen LogP contribution in [0.15, 0.2) is 24.3 Å². The summed E-state index contributed by atoms with van der Waals surface area (Å²) >= 11 is 0. The fraction of sp³-hybridized carbons (Fsp3) is 0.909. The Kier molecular flexibility index (Phi) is 60.5. The summed E-state index contributed by atoms with van der Waals surface area (Å²) in [6, 6.07) is -0.547. The maximum absolute atomic E-state index is 12.5. The molecule has 0 aliphatic rings. The molecule has 0 aromatic carbocycles. The van der Waals surface area contributed by atoms with Crippen LogP contribution in [0.4, 0.5) is 0 Å². The summed E-state index contributed by atoms with van der Waals surface area (Å²) in [5, 5.41) is 23.3. The minimum atomic E-state index is -0.669. The van der Waals surface area contributed by atoms with Gasteiger partial charge in [-0.2, -0.15) is 0 Å². The largest absolute Gasteiger partial charge is 0.466 e. The maximum atomic E-state index is 12.5. The van der Waals surface area contributed by atoms with Crippen LogP contribution in [-0.2, 0) is 14.3 Å². The van der Waals surface area contributed by atoms with Crippen LogP contribution in [0, 0.1) is 0 Å². The van der Waals surface area contributed by atoms with Gasteiger partial charge in [-0.05, 0) is 77.0 Å². The molecule has 6 heteroatoms. The van der Waals surface area contributed by atoms with Crippen molar-refractivity contribution in [3.63, 3.8) is 0 Å². The van der Waals surface area contributed by atoms with Crippen LogP contribution in [-0.4, -0.2) is 47.4 Å². The molecule has 0 fully saturated rings. The molecule has 0 bridgehead atoms. The van der Waals surface area contributed by atoms with Crippen LogP contribution in [0.5, 0.6) is 0 Å². The normalized spacial score (nSPS) is 12.7. The maximum Gasteiger partial charge on any atom is 0.305 e. The summed E-state index contributed by atoms with van der Waals surface area (Å²) in [5.74, 6) is -0.0344. The summed E-state index contributed by atoms with van der Waals surface area (Å²) in [7, 11) is 0. The van der Waals surface area contributed by atoms with Crippen molar-refractivity contribution in [2.24, 2.45) is 0 Å². The standard InChI is InChI=1S/C66H127NO5/c1-3-5-7-9-11-13-15-17-19-21-28-32-36-40-44-48-52-56-60-66(71)72-61-57-53-49-45-41-37-33-29-26-24-22-23-25-27-31-35-39-43-47-51-55-59-65(70)67-63(62-68)64(69)58-54-50-46-42-38-34-30-20-18-16-14-12-10-8-6-4-2/h19,21,23,25,63-64,68-69H,3-18,20,22,24,26-62H2,1-2H3,(H,67,70)/b21-19-,25-23-. The number of hydrogen-bond acceptors (Lipinski definition) is 5. The Morgan fingerprint density at radius 3 is 0.986 bits per heavy atom. The van der Waals surface area contributed by atoms with E-state index in [-0.39, 0.29) is 18.5 Å². The number of unbranched alkanes of at least 4 members (excludes halogenated alkanes) is 46. The number of nitrogens with one attached hydrogen (secondary N) is 1. The SMILES string of the molecule is CCCCCCCCC/C=C\CCCCCCCCCC(=O)OCCCCCCCCCCCC/C=C\CCCCCCCCCC(=O)NC(CO)C(O)CCCCCCCCCCCCCCCCCC. The molecule has 0 aliphatic carbocycles. The van der Waals surface area contributed by atoms with Gasteiger partial charge in [0.15, 0.2) is 0 Å². The molecule has 6 nitrogen and oxygen atoms in total. The van der Waals surface area contributed by atoms with Gasteiger partial charge in [-0.1, -0.05) is 295 Å². The molecule has 2 atom stereocenters. The first kappa shape index (κ1) is 70.3. The molecule has 2 unspecified atom stereocenters. The van der Waals surface area contributed by atoms with Gasteiger partial charge in [-0.15, -0.1) is 0 Å². The number of carbonyl (C=O) groups is 2. The zero-order valence-corrected chi connectivity index (χ0v) is 48.7. The number of esters is 1. The van der Waals surface area contributed by atoms with Gasteiger partial charge in [0.25, 0.3) is 0 Å². The average molecular weight is 1010 g/mol. The Hall–Kier alpha value is -1.66. The molecule has 0 saturated carbocycles. The van der Waals surface area contributed by atoms with E-state index in [1.165, 1.54) is 283 Å². The van der Waals surface area contributed by atoms with Gasteiger partial charge in [-0.25, -0.2) is 0 Å². The van der Waals surface area contributed by atoms with Gasteiger partial charge in [0, 0.05) is 12.8 Å². The third-order valence-corrected chi connectivity index (χ3v) is 15.2. The Balaban J connectivity index is 3.41. The fourth-order valence-corrected chi connectivity index (χ4v) is 10.2. The predicted octanol–water partition coefficient (Wildman–Crippen LogP) is 20.6. The molecule has 0 aliphatic heterocycles. The van der Waals surface area contributed by atoms with Gasteiger partial charge >= 0.3 is 5.97 Å². The third-order valence-electron chi connectivity index (χ3n) is 15.2. The average Bonchev–Trinajstić information content (AvgIpc) is 3.38. The van der Waals surface area contributed by atoms with Crippen molar-refractivity contribution < 1.29 is 24.5 Å². The van der Waals surface area contributed by atoms with Crippen molar-refractivity contribution in [2.45, 2.75) is 373 Å². The highest BCUT2D eigenvalue weighted by Gasteiger charge is 2.20. The highest BCUT2D eigenvalue weighted by molar-refractivity contribution is 5.76. The van der Waals surface area contributed by atoms with E-state index in [0.29, 0.717) is 25.9 Å². The molecule has 72 heavy (non-hydrogen) atoms. The van der Waals surface area contributed by atoms with E-state index < -0.39 is 12.1 Å². The Bertz CT molecular complexity index is 1120. The van der Waals surface area contributed by atoms with E-state index >= 15 is 0 Å². The minimum Gasteiger partial charge on any atom is -0.466 e. The number of rotatable bonds is 61. The number of carbonyl (C=O) groups excluding carboxylic acids is 2. The quantitative estimate of drug-likeness (QED) is 0.0320. The molecule has 426 valence electrons. The summed E-state index contributed by atoms with van der Waals surface area (Å²) in [5.41, 5.74) is 0. The molecule has 0 rings (SSSR count). The first-order valence-corrected chi connectivity index (χ1v) is 32.6. The monoisotopic (exact) mass is 1010 g/mol. The Morgan fingerprint density at radius 2 is 0.653 bits per heavy atom. The molecule has 3 N–H and O–H groups in total. The summed E-state index contributed by atoms with van der Waals surface area (Å²) in [6.45, 7) is 4.97. The van der Waals surface area contributed by atoms with Gasteiger partial charge in [0.1, 0.15) is 0 Å². The Labute approximate surface area is 450 Å². The highest BCUT2D eigenvalue weighted by Crippen LogP contribution is 2.18. The summed E-state index contributed by atoms with van der Waals surface area (Å²) < 4.78 is 5.49. The molecule has 0 heterocycles. The minimum absolute atomic E-state index is 0.00596. The molecule has 0 aromatic heterocycles. The lowest BCUT2D eigenvalue weighted by Gasteiger charge is -2.22. The second-order valence-electron chi connectivity index (χ2n) is 22.4.